The SMILES string of the molecule is CCC(=O)C(CCC(=CC=Cc1ccc2c(c1)OCO2)CC)C(=O)CC. The fraction of sp³-hybridized carbons (Fsp3) is 0.455. The Morgan fingerprint density at radius 2 is 1.73 bits per heavy atom. The molecule has 0 atom stereocenters. The van der Waals surface area contributed by atoms with E-state index in [2.05, 4.69) is 13.0 Å². The number of rotatable bonds is 10. The van der Waals surface area contributed by atoms with E-state index in [1.165, 1.54) is 5.57 Å². The van der Waals surface area contributed by atoms with Crippen molar-refractivity contribution in [2.24, 2.45) is 5.92 Å². The van der Waals surface area contributed by atoms with Crippen molar-refractivity contribution in [2.45, 2.75) is 52.9 Å². The number of ether oxygens (including phenoxy) is 2. The average Bonchev–Trinajstić information content (AvgIpc) is 3.13. The van der Waals surface area contributed by atoms with Crippen LogP contribution in [-0.4, -0.2) is 18.4 Å². The van der Waals surface area contributed by atoms with Gasteiger partial charge in [-0.2, -0.15) is 0 Å². The maximum atomic E-state index is 12.0. The third-order valence-electron chi connectivity index (χ3n) is 4.70. The highest BCUT2D eigenvalue weighted by Crippen LogP contribution is 2.32. The molecule has 0 unspecified atom stereocenters. The molecule has 1 heterocycles. The van der Waals surface area contributed by atoms with Gasteiger partial charge in [-0.25, -0.2) is 0 Å². The topological polar surface area (TPSA) is 52.6 Å². The monoisotopic (exact) mass is 356 g/mol. The van der Waals surface area contributed by atoms with Gasteiger partial charge in [0, 0.05) is 12.8 Å². The number of carbonyl (C=O) groups excluding carboxylic acids is 2. The third-order valence-corrected chi connectivity index (χ3v) is 4.70. The molecule has 26 heavy (non-hydrogen) atoms. The van der Waals surface area contributed by atoms with Crippen molar-refractivity contribution < 1.29 is 19.1 Å². The van der Waals surface area contributed by atoms with Crippen molar-refractivity contribution in [1.82, 2.24) is 0 Å². The van der Waals surface area contributed by atoms with Gasteiger partial charge in [-0.3, -0.25) is 9.59 Å². The minimum absolute atomic E-state index is 0.0585. The molecule has 2 rings (SSSR count). The van der Waals surface area contributed by atoms with Crippen LogP contribution < -0.4 is 9.47 Å². The Bertz CT molecular complexity index is 684. The van der Waals surface area contributed by atoms with Crippen molar-refractivity contribution in [3.05, 3.63) is 41.5 Å². The Morgan fingerprint density at radius 1 is 1.04 bits per heavy atom. The van der Waals surface area contributed by atoms with E-state index in [9.17, 15) is 9.59 Å². The van der Waals surface area contributed by atoms with E-state index in [-0.39, 0.29) is 18.4 Å². The van der Waals surface area contributed by atoms with E-state index < -0.39 is 5.92 Å². The molecule has 0 saturated carbocycles. The number of allylic oxidation sites excluding steroid dienone is 3. The number of benzene rings is 1. The van der Waals surface area contributed by atoms with Crippen LogP contribution in [0.15, 0.2) is 35.9 Å². The molecule has 1 aromatic rings. The summed E-state index contributed by atoms with van der Waals surface area (Å²) in [6.07, 6.45) is 9.23. The summed E-state index contributed by atoms with van der Waals surface area (Å²) in [5.74, 6) is 1.22. The smallest absolute Gasteiger partial charge is 0.231 e. The normalized spacial score (nSPS) is 13.6. The van der Waals surface area contributed by atoms with Crippen molar-refractivity contribution in [3.63, 3.8) is 0 Å². The van der Waals surface area contributed by atoms with Crippen LogP contribution in [0.3, 0.4) is 0 Å². The molecule has 0 spiro atoms. The van der Waals surface area contributed by atoms with Crippen molar-refractivity contribution in [1.29, 1.82) is 0 Å². The van der Waals surface area contributed by atoms with Gasteiger partial charge >= 0.3 is 0 Å². The van der Waals surface area contributed by atoms with Gasteiger partial charge in [0.1, 0.15) is 11.6 Å². The predicted octanol–water partition coefficient (Wildman–Crippen LogP) is 5.12. The van der Waals surface area contributed by atoms with Gasteiger partial charge in [0.15, 0.2) is 11.5 Å². The lowest BCUT2D eigenvalue weighted by Gasteiger charge is -2.13. The van der Waals surface area contributed by atoms with Crippen LogP contribution in [0.25, 0.3) is 6.08 Å². The Hall–Kier alpha value is -2.36. The molecule has 4 nitrogen and oxygen atoms in total. The minimum atomic E-state index is -0.446. The largest absolute Gasteiger partial charge is 0.454 e. The summed E-state index contributed by atoms with van der Waals surface area (Å²) in [6.45, 7) is 6.01. The second-order valence-electron chi connectivity index (χ2n) is 6.38. The van der Waals surface area contributed by atoms with Crippen LogP contribution in [0, 0.1) is 5.92 Å². The van der Waals surface area contributed by atoms with E-state index in [0.717, 1.165) is 29.9 Å². The molecule has 1 aliphatic rings. The average molecular weight is 356 g/mol. The molecule has 0 N–H and O–H groups in total. The Kier molecular flexibility index (Phi) is 7.64. The number of ketones is 2. The first-order valence-corrected chi connectivity index (χ1v) is 9.40. The molecule has 140 valence electrons. The maximum absolute atomic E-state index is 12.0. The first-order valence-electron chi connectivity index (χ1n) is 9.40. The van der Waals surface area contributed by atoms with E-state index >= 15 is 0 Å². The van der Waals surface area contributed by atoms with Gasteiger partial charge in [0.05, 0.1) is 5.92 Å². The van der Waals surface area contributed by atoms with Gasteiger partial charge < -0.3 is 9.47 Å². The summed E-state index contributed by atoms with van der Waals surface area (Å²) in [4.78, 5) is 24.1. The second-order valence-corrected chi connectivity index (χ2v) is 6.38. The zero-order valence-corrected chi connectivity index (χ0v) is 15.9. The lowest BCUT2D eigenvalue weighted by atomic mass is 9.89. The maximum Gasteiger partial charge on any atom is 0.231 e. The zero-order chi connectivity index (χ0) is 18.9. The summed E-state index contributed by atoms with van der Waals surface area (Å²) in [5, 5.41) is 0. The summed E-state index contributed by atoms with van der Waals surface area (Å²) in [5.41, 5.74) is 2.28. The molecule has 0 fully saturated rings. The molecule has 0 saturated heterocycles. The van der Waals surface area contributed by atoms with Crippen LogP contribution >= 0.6 is 0 Å². The second kappa shape index (κ2) is 9.95. The predicted molar refractivity (Wildman–Crippen MR) is 103 cm³/mol. The first-order chi connectivity index (χ1) is 12.6. The molecule has 0 amide bonds. The molecule has 1 aliphatic heterocycles. The first kappa shape index (κ1) is 20.0. The molecule has 0 radical (unpaired) electrons. The van der Waals surface area contributed by atoms with Crippen molar-refractivity contribution >= 4 is 17.6 Å². The molecule has 0 aromatic heterocycles. The van der Waals surface area contributed by atoms with E-state index in [4.69, 9.17) is 9.47 Å². The van der Waals surface area contributed by atoms with Gasteiger partial charge in [-0.05, 0) is 37.0 Å². The minimum Gasteiger partial charge on any atom is -0.454 e. The summed E-state index contributed by atoms with van der Waals surface area (Å²) in [7, 11) is 0. The van der Waals surface area contributed by atoms with E-state index in [1.807, 2.05) is 44.2 Å². The number of hydrogen-bond donors (Lipinski definition) is 0. The number of Topliss-reactive ketones (excluding diaryl/α,β-unsaturated/α-hetero) is 2. The van der Waals surface area contributed by atoms with Gasteiger partial charge in [0.2, 0.25) is 6.79 Å². The van der Waals surface area contributed by atoms with Gasteiger partial charge in [0.25, 0.3) is 0 Å². The summed E-state index contributed by atoms with van der Waals surface area (Å²) in [6, 6.07) is 5.84. The molecular weight excluding hydrogens is 328 g/mol. The Morgan fingerprint density at radius 3 is 2.38 bits per heavy atom. The van der Waals surface area contributed by atoms with Crippen molar-refractivity contribution in [2.75, 3.05) is 6.79 Å². The van der Waals surface area contributed by atoms with Crippen LogP contribution in [0.1, 0.15) is 58.4 Å². The van der Waals surface area contributed by atoms with Gasteiger partial charge in [-0.1, -0.05) is 50.6 Å². The lowest BCUT2D eigenvalue weighted by molar-refractivity contribution is -0.132. The van der Waals surface area contributed by atoms with Crippen LogP contribution in [0.4, 0.5) is 0 Å². The zero-order valence-electron chi connectivity index (χ0n) is 15.9. The molecule has 0 bridgehead atoms. The Balaban J connectivity index is 1.98. The van der Waals surface area contributed by atoms with Crippen LogP contribution in [-0.2, 0) is 9.59 Å². The fourth-order valence-corrected chi connectivity index (χ4v) is 3.01. The van der Waals surface area contributed by atoms with E-state index in [0.29, 0.717) is 19.3 Å². The van der Waals surface area contributed by atoms with Crippen LogP contribution in [0.2, 0.25) is 0 Å². The highest BCUT2D eigenvalue weighted by atomic mass is 16.7. The highest BCUT2D eigenvalue weighted by Gasteiger charge is 2.23. The van der Waals surface area contributed by atoms with Crippen LogP contribution in [0.5, 0.6) is 11.5 Å². The van der Waals surface area contributed by atoms with E-state index in [1.54, 1.807) is 0 Å². The Labute approximate surface area is 155 Å². The quantitative estimate of drug-likeness (QED) is 0.431. The molecule has 0 aliphatic carbocycles. The molecule has 4 heteroatoms. The molecule has 1 aromatic carbocycles. The molecular formula is C22H28O4. The summed E-state index contributed by atoms with van der Waals surface area (Å²) >= 11 is 0. The number of carbonyl (C=O) groups is 2. The third kappa shape index (κ3) is 5.32. The standard InChI is InChI=1S/C22H28O4/c1-4-16(10-12-18(19(23)5-2)20(24)6-3)8-7-9-17-11-13-21-22(14-17)26-15-25-21/h7-9,11,13-14,18H,4-6,10,12,15H2,1-3H3. The number of fused-ring (bicyclic) bond motifs is 1. The van der Waals surface area contributed by atoms with Gasteiger partial charge in [-0.15, -0.1) is 0 Å². The van der Waals surface area contributed by atoms with Crippen molar-refractivity contribution in [3.8, 4) is 11.5 Å². The fourth-order valence-electron chi connectivity index (χ4n) is 3.01. The highest BCUT2D eigenvalue weighted by molar-refractivity contribution is 6.02. The number of hydrogen-bond acceptors (Lipinski definition) is 4. The summed E-state index contributed by atoms with van der Waals surface area (Å²) < 4.78 is 10.7. The lowest BCUT2D eigenvalue weighted by Crippen LogP contribution is -2.23.